The van der Waals surface area contributed by atoms with Gasteiger partial charge in [0.05, 0.1) is 0 Å². The van der Waals surface area contributed by atoms with Crippen molar-refractivity contribution < 1.29 is 0 Å². The predicted molar refractivity (Wildman–Crippen MR) is 54.5 cm³/mol. The van der Waals surface area contributed by atoms with Gasteiger partial charge < -0.3 is 5.73 Å². The lowest BCUT2D eigenvalue weighted by Crippen LogP contribution is -2.44. The lowest BCUT2D eigenvalue weighted by Gasteiger charge is -2.35. The van der Waals surface area contributed by atoms with Gasteiger partial charge in [0.25, 0.3) is 0 Å². The molecule has 0 aromatic rings. The Balaban J connectivity index is 1.87. The van der Waals surface area contributed by atoms with Gasteiger partial charge in [-0.15, -0.1) is 0 Å². The molecule has 1 aliphatic carbocycles. The fraction of sp³-hybridized carbons (Fsp3) is 1.00. The maximum atomic E-state index is 5.61. The first-order chi connectivity index (χ1) is 5.92. The molecule has 2 N–H and O–H groups in total. The van der Waals surface area contributed by atoms with E-state index in [0.29, 0.717) is 0 Å². The molecule has 0 radical (unpaired) electrons. The van der Waals surface area contributed by atoms with Crippen molar-refractivity contribution in [2.75, 3.05) is 24.6 Å². The highest BCUT2D eigenvalue weighted by Gasteiger charge is 2.34. The number of hydrogen-bond acceptors (Lipinski definition) is 3. The Kier molecular flexibility index (Phi) is 2.94. The third-order valence-corrected chi connectivity index (χ3v) is 3.88. The highest BCUT2D eigenvalue weighted by Crippen LogP contribution is 2.32. The maximum Gasteiger partial charge on any atom is 0.0201 e. The number of rotatable bonds is 3. The van der Waals surface area contributed by atoms with Gasteiger partial charge in [-0.3, -0.25) is 4.90 Å². The zero-order chi connectivity index (χ0) is 8.39. The molecule has 0 spiro atoms. The van der Waals surface area contributed by atoms with E-state index in [-0.39, 0.29) is 0 Å². The predicted octanol–water partition coefficient (Wildman–Crippen LogP) is 0.915. The average Bonchev–Trinajstić information content (AvgIpc) is 2.89. The third kappa shape index (κ3) is 1.95. The lowest BCUT2D eigenvalue weighted by atomic mass is 10.2. The molecular formula is C9H18N2S. The van der Waals surface area contributed by atoms with Crippen LogP contribution in [0.5, 0.6) is 0 Å². The molecule has 1 aliphatic heterocycles. The van der Waals surface area contributed by atoms with Crippen LogP contribution in [0, 0.1) is 0 Å². The minimum Gasteiger partial charge on any atom is -0.330 e. The molecule has 12 heavy (non-hydrogen) atoms. The van der Waals surface area contributed by atoms with Crippen molar-refractivity contribution in [2.45, 2.75) is 31.3 Å². The zero-order valence-electron chi connectivity index (χ0n) is 7.54. The number of hydrogen-bond donors (Lipinski definition) is 1. The molecule has 1 heterocycles. The topological polar surface area (TPSA) is 29.3 Å². The summed E-state index contributed by atoms with van der Waals surface area (Å²) in [5.74, 6) is 2.64. The van der Waals surface area contributed by atoms with Crippen LogP contribution < -0.4 is 5.73 Å². The molecule has 0 aromatic carbocycles. The highest BCUT2D eigenvalue weighted by atomic mass is 32.2. The molecule has 2 nitrogen and oxygen atoms in total. The fourth-order valence-electron chi connectivity index (χ4n) is 2.00. The molecule has 1 saturated carbocycles. The Labute approximate surface area is 78.9 Å². The number of nitrogens with zero attached hydrogens (tertiary/aromatic N) is 1. The van der Waals surface area contributed by atoms with Crippen LogP contribution in [0.3, 0.4) is 0 Å². The molecule has 1 saturated heterocycles. The van der Waals surface area contributed by atoms with Gasteiger partial charge in [0, 0.05) is 30.1 Å². The molecule has 70 valence electrons. The average molecular weight is 186 g/mol. The van der Waals surface area contributed by atoms with Crippen molar-refractivity contribution in [1.82, 2.24) is 4.90 Å². The summed E-state index contributed by atoms with van der Waals surface area (Å²) in [5, 5.41) is 0. The first kappa shape index (κ1) is 8.85. The van der Waals surface area contributed by atoms with Crippen molar-refractivity contribution in [3.63, 3.8) is 0 Å². The summed E-state index contributed by atoms with van der Waals surface area (Å²) < 4.78 is 0. The van der Waals surface area contributed by atoms with Crippen LogP contribution in [0.25, 0.3) is 0 Å². The van der Waals surface area contributed by atoms with E-state index in [2.05, 4.69) is 16.7 Å². The van der Waals surface area contributed by atoms with Crippen molar-refractivity contribution in [3.8, 4) is 0 Å². The molecule has 0 bridgehead atoms. The SMILES string of the molecule is NCCC1CSCCN1C1CC1. The number of thioether (sulfide) groups is 1. The van der Waals surface area contributed by atoms with Gasteiger partial charge in [0.15, 0.2) is 0 Å². The largest absolute Gasteiger partial charge is 0.330 e. The van der Waals surface area contributed by atoms with E-state index in [4.69, 9.17) is 5.73 Å². The van der Waals surface area contributed by atoms with Gasteiger partial charge in [0.2, 0.25) is 0 Å². The smallest absolute Gasteiger partial charge is 0.0201 e. The molecular weight excluding hydrogens is 168 g/mol. The van der Waals surface area contributed by atoms with Gasteiger partial charge >= 0.3 is 0 Å². The van der Waals surface area contributed by atoms with E-state index in [9.17, 15) is 0 Å². The molecule has 2 rings (SSSR count). The molecule has 0 amide bonds. The van der Waals surface area contributed by atoms with Crippen LogP contribution in [0.15, 0.2) is 0 Å². The lowest BCUT2D eigenvalue weighted by molar-refractivity contribution is 0.201. The summed E-state index contributed by atoms with van der Waals surface area (Å²) >= 11 is 2.09. The standard InChI is InChI=1S/C9H18N2S/c10-4-3-9-7-12-6-5-11(9)8-1-2-8/h8-9H,1-7,10H2. The molecule has 0 aromatic heterocycles. The van der Waals surface area contributed by atoms with Crippen LogP contribution in [0.2, 0.25) is 0 Å². The summed E-state index contributed by atoms with van der Waals surface area (Å²) in [6, 6.07) is 1.73. The Morgan fingerprint density at radius 2 is 2.25 bits per heavy atom. The molecule has 3 heteroatoms. The van der Waals surface area contributed by atoms with Gasteiger partial charge in [-0.05, 0) is 25.8 Å². The normalized spacial score (nSPS) is 32.2. The second kappa shape index (κ2) is 3.99. The van der Waals surface area contributed by atoms with Crippen LogP contribution >= 0.6 is 11.8 Å². The van der Waals surface area contributed by atoms with E-state index in [0.717, 1.165) is 18.6 Å². The maximum absolute atomic E-state index is 5.61. The second-order valence-corrected chi connectivity index (χ2v) is 4.92. The van der Waals surface area contributed by atoms with Crippen molar-refractivity contribution >= 4 is 11.8 Å². The van der Waals surface area contributed by atoms with E-state index in [1.807, 2.05) is 0 Å². The fourth-order valence-corrected chi connectivity index (χ4v) is 3.13. The molecule has 2 fully saturated rings. The van der Waals surface area contributed by atoms with Crippen LogP contribution in [-0.2, 0) is 0 Å². The zero-order valence-corrected chi connectivity index (χ0v) is 8.35. The quantitative estimate of drug-likeness (QED) is 0.710. The minimum atomic E-state index is 0.793. The minimum absolute atomic E-state index is 0.793. The van der Waals surface area contributed by atoms with Gasteiger partial charge in [-0.25, -0.2) is 0 Å². The summed E-state index contributed by atoms with van der Waals surface area (Å²) in [7, 11) is 0. The highest BCUT2D eigenvalue weighted by molar-refractivity contribution is 7.99. The van der Waals surface area contributed by atoms with Gasteiger partial charge in [-0.1, -0.05) is 0 Å². The monoisotopic (exact) mass is 186 g/mol. The van der Waals surface area contributed by atoms with E-state index < -0.39 is 0 Å². The van der Waals surface area contributed by atoms with Crippen molar-refractivity contribution in [3.05, 3.63) is 0 Å². The van der Waals surface area contributed by atoms with Gasteiger partial charge in [0.1, 0.15) is 0 Å². The summed E-state index contributed by atoms with van der Waals surface area (Å²) in [6.07, 6.45) is 4.07. The first-order valence-corrected chi connectivity index (χ1v) is 6.11. The van der Waals surface area contributed by atoms with Crippen LogP contribution in [-0.4, -0.2) is 41.6 Å². The van der Waals surface area contributed by atoms with Crippen molar-refractivity contribution in [2.24, 2.45) is 5.73 Å². The van der Waals surface area contributed by atoms with E-state index in [1.54, 1.807) is 0 Å². The van der Waals surface area contributed by atoms with Crippen LogP contribution in [0.4, 0.5) is 0 Å². The Morgan fingerprint density at radius 3 is 2.92 bits per heavy atom. The summed E-state index contributed by atoms with van der Waals surface area (Å²) in [6.45, 7) is 2.16. The summed E-state index contributed by atoms with van der Waals surface area (Å²) in [5.41, 5.74) is 5.61. The molecule has 2 aliphatic rings. The first-order valence-electron chi connectivity index (χ1n) is 4.95. The number of nitrogens with two attached hydrogens (primary N) is 1. The third-order valence-electron chi connectivity index (χ3n) is 2.79. The van der Waals surface area contributed by atoms with E-state index in [1.165, 1.54) is 37.3 Å². The van der Waals surface area contributed by atoms with E-state index >= 15 is 0 Å². The Hall–Kier alpha value is 0.270. The second-order valence-electron chi connectivity index (χ2n) is 3.78. The van der Waals surface area contributed by atoms with Crippen LogP contribution in [0.1, 0.15) is 19.3 Å². The molecule has 1 unspecified atom stereocenters. The molecule has 1 atom stereocenters. The Morgan fingerprint density at radius 1 is 1.42 bits per heavy atom. The Bertz CT molecular complexity index is 145. The van der Waals surface area contributed by atoms with Crippen molar-refractivity contribution in [1.29, 1.82) is 0 Å². The summed E-state index contributed by atoms with van der Waals surface area (Å²) in [4.78, 5) is 2.70. The van der Waals surface area contributed by atoms with Gasteiger partial charge in [-0.2, -0.15) is 11.8 Å².